The average molecular weight is 252 g/mol. The molecule has 1 amide bonds. The van der Waals surface area contributed by atoms with E-state index in [9.17, 15) is 4.79 Å². The molecule has 3 heteroatoms. The third-order valence-corrected chi connectivity index (χ3v) is 4.21. The van der Waals surface area contributed by atoms with Gasteiger partial charge in [0.25, 0.3) is 5.91 Å². The molecule has 96 valence electrons. The van der Waals surface area contributed by atoms with Gasteiger partial charge in [-0.3, -0.25) is 4.79 Å². The number of rotatable bonds is 2. The number of hydrogen-bond acceptors (Lipinski definition) is 2. The van der Waals surface area contributed by atoms with Gasteiger partial charge in [-0.1, -0.05) is 24.3 Å². The van der Waals surface area contributed by atoms with E-state index in [0.717, 1.165) is 41.5 Å². The molecule has 2 heterocycles. The Morgan fingerprint density at radius 2 is 2.05 bits per heavy atom. The molecule has 0 unspecified atom stereocenters. The van der Waals surface area contributed by atoms with Gasteiger partial charge >= 0.3 is 0 Å². The van der Waals surface area contributed by atoms with Crippen LogP contribution in [0, 0.1) is 0 Å². The number of benzene rings is 2. The second-order valence-corrected chi connectivity index (χ2v) is 5.39. The highest BCUT2D eigenvalue weighted by Crippen LogP contribution is 2.37. The van der Waals surface area contributed by atoms with Gasteiger partial charge < -0.3 is 10.2 Å². The fraction of sp³-hybridized carbons (Fsp3) is 0.312. The van der Waals surface area contributed by atoms with Crippen LogP contribution in [0.15, 0.2) is 36.4 Å². The van der Waals surface area contributed by atoms with Crippen molar-refractivity contribution in [3.63, 3.8) is 0 Å². The van der Waals surface area contributed by atoms with E-state index in [4.69, 9.17) is 0 Å². The first-order chi connectivity index (χ1) is 9.34. The summed E-state index contributed by atoms with van der Waals surface area (Å²) in [6, 6.07) is 12.6. The number of amides is 1. The van der Waals surface area contributed by atoms with Gasteiger partial charge in [0, 0.05) is 23.5 Å². The molecule has 2 aliphatic rings. The lowest BCUT2D eigenvalue weighted by molar-refractivity contribution is 0.0991. The Kier molecular flexibility index (Phi) is 2.35. The lowest BCUT2D eigenvalue weighted by Crippen LogP contribution is -2.39. The van der Waals surface area contributed by atoms with Crippen LogP contribution >= 0.6 is 0 Å². The first kappa shape index (κ1) is 11.0. The van der Waals surface area contributed by atoms with Crippen LogP contribution in [0.1, 0.15) is 23.2 Å². The van der Waals surface area contributed by atoms with Gasteiger partial charge in [-0.25, -0.2) is 0 Å². The zero-order chi connectivity index (χ0) is 12.8. The summed E-state index contributed by atoms with van der Waals surface area (Å²) in [4.78, 5) is 14.5. The molecule has 1 atom stereocenters. The first-order valence-electron chi connectivity index (χ1n) is 6.91. The summed E-state index contributed by atoms with van der Waals surface area (Å²) in [6.07, 6.45) is 2.37. The maximum Gasteiger partial charge on any atom is 0.259 e. The van der Waals surface area contributed by atoms with Gasteiger partial charge in [0.1, 0.15) is 0 Å². The lowest BCUT2D eigenvalue weighted by atomic mass is 10.1. The number of hydrogen-bond donors (Lipinski definition) is 1. The van der Waals surface area contributed by atoms with Crippen LogP contribution in [-0.4, -0.2) is 25.0 Å². The molecule has 4 rings (SSSR count). The number of carbonyl (C=O) groups excluding carboxylic acids is 1. The second kappa shape index (κ2) is 4.07. The third-order valence-electron chi connectivity index (χ3n) is 4.21. The quantitative estimate of drug-likeness (QED) is 0.891. The molecule has 2 aromatic carbocycles. The SMILES string of the molecule is O=C1c2cccc3cccc(c23)N1C[C@H]1CCCN1. The molecule has 0 spiro atoms. The molecule has 0 bridgehead atoms. The minimum Gasteiger partial charge on any atom is -0.312 e. The van der Waals surface area contributed by atoms with Crippen molar-refractivity contribution in [3.8, 4) is 0 Å². The van der Waals surface area contributed by atoms with E-state index in [1.165, 1.54) is 6.42 Å². The summed E-state index contributed by atoms with van der Waals surface area (Å²) in [5, 5.41) is 5.75. The van der Waals surface area contributed by atoms with Crippen LogP contribution < -0.4 is 10.2 Å². The molecular weight excluding hydrogens is 236 g/mol. The fourth-order valence-corrected chi connectivity index (χ4v) is 3.29. The zero-order valence-corrected chi connectivity index (χ0v) is 10.7. The normalized spacial score (nSPS) is 21.6. The minimum atomic E-state index is 0.153. The Morgan fingerprint density at radius 3 is 2.84 bits per heavy atom. The molecule has 19 heavy (non-hydrogen) atoms. The molecule has 0 aromatic heterocycles. The molecule has 3 nitrogen and oxygen atoms in total. The Hall–Kier alpha value is -1.87. The number of carbonyl (C=O) groups is 1. The highest BCUT2D eigenvalue weighted by Gasteiger charge is 2.31. The van der Waals surface area contributed by atoms with Crippen LogP contribution in [0.2, 0.25) is 0 Å². The maximum atomic E-state index is 12.6. The maximum absolute atomic E-state index is 12.6. The predicted molar refractivity (Wildman–Crippen MR) is 76.6 cm³/mol. The van der Waals surface area contributed by atoms with E-state index >= 15 is 0 Å². The Bertz CT molecular complexity index is 654. The average Bonchev–Trinajstić information content (AvgIpc) is 3.04. The smallest absolute Gasteiger partial charge is 0.259 e. The molecule has 1 saturated heterocycles. The highest BCUT2D eigenvalue weighted by molar-refractivity contribution is 6.25. The largest absolute Gasteiger partial charge is 0.312 e. The van der Waals surface area contributed by atoms with Crippen LogP contribution in [0.25, 0.3) is 10.8 Å². The van der Waals surface area contributed by atoms with Crippen molar-refractivity contribution in [2.45, 2.75) is 18.9 Å². The van der Waals surface area contributed by atoms with Crippen molar-refractivity contribution >= 4 is 22.4 Å². The van der Waals surface area contributed by atoms with Gasteiger partial charge in [0.15, 0.2) is 0 Å². The van der Waals surface area contributed by atoms with Crippen molar-refractivity contribution in [2.75, 3.05) is 18.0 Å². The number of anilines is 1. The van der Waals surface area contributed by atoms with Crippen LogP contribution in [-0.2, 0) is 0 Å². The van der Waals surface area contributed by atoms with Crippen molar-refractivity contribution < 1.29 is 4.79 Å². The molecule has 1 fully saturated rings. The molecule has 0 aliphatic carbocycles. The fourth-order valence-electron chi connectivity index (χ4n) is 3.29. The van der Waals surface area contributed by atoms with E-state index in [2.05, 4.69) is 23.5 Å². The van der Waals surface area contributed by atoms with Crippen molar-refractivity contribution in [3.05, 3.63) is 42.0 Å². The van der Waals surface area contributed by atoms with Crippen molar-refractivity contribution in [2.24, 2.45) is 0 Å². The predicted octanol–water partition coefficient (Wildman–Crippen LogP) is 2.55. The molecule has 0 radical (unpaired) electrons. The topological polar surface area (TPSA) is 32.3 Å². The summed E-state index contributed by atoms with van der Waals surface area (Å²) in [5.74, 6) is 0.153. The zero-order valence-electron chi connectivity index (χ0n) is 10.7. The standard InChI is InChI=1S/C16H16N2O/c19-16-13-7-1-4-11-5-2-8-14(15(11)13)18(16)10-12-6-3-9-17-12/h1-2,4-5,7-8,12,17H,3,6,9-10H2/t12-/m1/s1. The van der Waals surface area contributed by atoms with E-state index in [1.807, 2.05) is 23.1 Å². The van der Waals surface area contributed by atoms with Gasteiger partial charge in [-0.05, 0) is 36.9 Å². The van der Waals surface area contributed by atoms with Crippen LogP contribution in [0.4, 0.5) is 5.69 Å². The van der Waals surface area contributed by atoms with Crippen molar-refractivity contribution in [1.29, 1.82) is 0 Å². The number of nitrogens with zero attached hydrogens (tertiary/aromatic N) is 1. The Balaban J connectivity index is 1.79. The molecular formula is C16H16N2O. The van der Waals surface area contributed by atoms with E-state index < -0.39 is 0 Å². The number of nitrogens with one attached hydrogen (secondary N) is 1. The van der Waals surface area contributed by atoms with E-state index in [-0.39, 0.29) is 5.91 Å². The minimum absolute atomic E-state index is 0.153. The third kappa shape index (κ3) is 1.58. The van der Waals surface area contributed by atoms with Crippen LogP contribution in [0.3, 0.4) is 0 Å². The molecule has 2 aromatic rings. The Morgan fingerprint density at radius 1 is 1.21 bits per heavy atom. The van der Waals surface area contributed by atoms with E-state index in [1.54, 1.807) is 0 Å². The van der Waals surface area contributed by atoms with E-state index in [0.29, 0.717) is 6.04 Å². The Labute approximate surface area is 112 Å². The molecule has 1 N–H and O–H groups in total. The summed E-state index contributed by atoms with van der Waals surface area (Å²) in [7, 11) is 0. The summed E-state index contributed by atoms with van der Waals surface area (Å²) < 4.78 is 0. The molecule has 0 saturated carbocycles. The van der Waals surface area contributed by atoms with Gasteiger partial charge in [-0.2, -0.15) is 0 Å². The second-order valence-electron chi connectivity index (χ2n) is 5.39. The van der Waals surface area contributed by atoms with Gasteiger partial charge in [-0.15, -0.1) is 0 Å². The first-order valence-corrected chi connectivity index (χ1v) is 6.91. The van der Waals surface area contributed by atoms with Gasteiger partial charge in [0.2, 0.25) is 0 Å². The summed E-state index contributed by atoms with van der Waals surface area (Å²) in [5.41, 5.74) is 1.93. The van der Waals surface area contributed by atoms with Crippen LogP contribution in [0.5, 0.6) is 0 Å². The van der Waals surface area contributed by atoms with Crippen molar-refractivity contribution in [1.82, 2.24) is 5.32 Å². The highest BCUT2D eigenvalue weighted by atomic mass is 16.2. The lowest BCUT2D eigenvalue weighted by Gasteiger charge is -2.21. The molecule has 2 aliphatic heterocycles. The summed E-state index contributed by atoms with van der Waals surface area (Å²) >= 11 is 0. The monoisotopic (exact) mass is 252 g/mol. The van der Waals surface area contributed by atoms with Gasteiger partial charge in [0.05, 0.1) is 5.69 Å². The summed E-state index contributed by atoms with van der Waals surface area (Å²) in [6.45, 7) is 1.86.